The maximum atomic E-state index is 12.4. The summed E-state index contributed by atoms with van der Waals surface area (Å²) in [6, 6.07) is 7.79. The second-order valence-corrected chi connectivity index (χ2v) is 7.81. The molecule has 8 nitrogen and oxygen atoms in total. The zero-order valence-electron chi connectivity index (χ0n) is 13.8. The van der Waals surface area contributed by atoms with Crippen molar-refractivity contribution in [3.05, 3.63) is 48.3 Å². The summed E-state index contributed by atoms with van der Waals surface area (Å²) in [7, 11) is -3.65. The first kappa shape index (κ1) is 17.9. The largest absolute Gasteiger partial charge is 0.482 e. The van der Waals surface area contributed by atoms with Gasteiger partial charge in [-0.25, -0.2) is 8.42 Å². The maximum Gasteiger partial charge on any atom is 0.262 e. The Hall–Kier alpha value is -2.94. The van der Waals surface area contributed by atoms with Crippen LogP contribution in [0, 0.1) is 0 Å². The van der Waals surface area contributed by atoms with Crippen molar-refractivity contribution in [1.29, 1.82) is 0 Å². The van der Waals surface area contributed by atoms with Gasteiger partial charge in [0.05, 0.1) is 16.3 Å². The van der Waals surface area contributed by atoms with Gasteiger partial charge in [-0.1, -0.05) is 6.07 Å². The van der Waals surface area contributed by atoms with E-state index in [2.05, 4.69) is 15.6 Å². The van der Waals surface area contributed by atoms with Gasteiger partial charge in [-0.2, -0.15) is 0 Å². The highest BCUT2D eigenvalue weighted by Crippen LogP contribution is 2.30. The van der Waals surface area contributed by atoms with Crippen LogP contribution in [0.3, 0.4) is 0 Å². The second kappa shape index (κ2) is 7.52. The normalized spacial score (nSPS) is 13.3. The molecule has 0 spiro atoms. The molecule has 3 rings (SSSR count). The van der Waals surface area contributed by atoms with Gasteiger partial charge in [-0.15, -0.1) is 0 Å². The predicted molar refractivity (Wildman–Crippen MR) is 93.3 cm³/mol. The SMILES string of the molecule is O=C(CCS(=O)(=O)c1ccc2c(c1)OCC(=O)N2)NCc1cccnc1. The zero-order chi connectivity index (χ0) is 18.6. The van der Waals surface area contributed by atoms with Gasteiger partial charge in [-0.3, -0.25) is 14.6 Å². The average Bonchev–Trinajstić information content (AvgIpc) is 2.65. The van der Waals surface area contributed by atoms with Crippen LogP contribution in [0.5, 0.6) is 5.75 Å². The lowest BCUT2D eigenvalue weighted by atomic mass is 10.2. The first-order valence-electron chi connectivity index (χ1n) is 7.89. The molecule has 26 heavy (non-hydrogen) atoms. The summed E-state index contributed by atoms with van der Waals surface area (Å²) in [5.41, 5.74) is 1.26. The van der Waals surface area contributed by atoms with Gasteiger partial charge >= 0.3 is 0 Å². The molecule has 2 heterocycles. The number of sulfone groups is 1. The Bertz CT molecular complexity index is 929. The number of carbonyl (C=O) groups is 2. The summed E-state index contributed by atoms with van der Waals surface area (Å²) in [6.07, 6.45) is 3.10. The third-order valence-electron chi connectivity index (χ3n) is 3.76. The molecular formula is C17H17N3O5S. The Balaban J connectivity index is 1.58. The lowest BCUT2D eigenvalue weighted by Crippen LogP contribution is -2.26. The minimum Gasteiger partial charge on any atom is -0.482 e. The monoisotopic (exact) mass is 375 g/mol. The molecule has 0 bridgehead atoms. The maximum absolute atomic E-state index is 12.4. The summed E-state index contributed by atoms with van der Waals surface area (Å²) in [4.78, 5) is 27.1. The molecule has 1 aromatic carbocycles. The first-order chi connectivity index (χ1) is 12.4. The average molecular weight is 375 g/mol. The van der Waals surface area contributed by atoms with Crippen LogP contribution in [0.2, 0.25) is 0 Å². The summed E-state index contributed by atoms with van der Waals surface area (Å²) in [6.45, 7) is 0.131. The second-order valence-electron chi connectivity index (χ2n) is 5.70. The van der Waals surface area contributed by atoms with Crippen molar-refractivity contribution < 1.29 is 22.7 Å². The van der Waals surface area contributed by atoms with Crippen molar-refractivity contribution in [3.63, 3.8) is 0 Å². The van der Waals surface area contributed by atoms with Gasteiger partial charge in [0, 0.05) is 31.4 Å². The Morgan fingerprint density at radius 1 is 1.31 bits per heavy atom. The third kappa shape index (κ3) is 4.37. The number of carbonyl (C=O) groups excluding carboxylic acids is 2. The summed E-state index contributed by atoms with van der Waals surface area (Å²) >= 11 is 0. The van der Waals surface area contributed by atoms with Crippen molar-refractivity contribution in [2.75, 3.05) is 17.7 Å². The molecule has 2 N–H and O–H groups in total. The van der Waals surface area contributed by atoms with Crippen molar-refractivity contribution >= 4 is 27.3 Å². The van der Waals surface area contributed by atoms with Gasteiger partial charge in [0.2, 0.25) is 5.91 Å². The number of hydrogen-bond acceptors (Lipinski definition) is 6. The Morgan fingerprint density at radius 2 is 2.15 bits per heavy atom. The van der Waals surface area contributed by atoms with E-state index in [1.54, 1.807) is 18.5 Å². The summed E-state index contributed by atoms with van der Waals surface area (Å²) < 4.78 is 30.1. The van der Waals surface area contributed by atoms with Gasteiger partial charge in [0.25, 0.3) is 5.91 Å². The van der Waals surface area contributed by atoms with Crippen LogP contribution in [0.1, 0.15) is 12.0 Å². The number of ether oxygens (including phenoxy) is 1. The number of amides is 2. The number of anilines is 1. The van der Waals surface area contributed by atoms with E-state index in [0.717, 1.165) is 5.56 Å². The molecule has 1 aromatic heterocycles. The fraction of sp³-hybridized carbons (Fsp3) is 0.235. The highest BCUT2D eigenvalue weighted by molar-refractivity contribution is 7.91. The molecule has 0 saturated carbocycles. The lowest BCUT2D eigenvalue weighted by Gasteiger charge is -2.18. The van der Waals surface area contributed by atoms with E-state index in [4.69, 9.17) is 4.74 Å². The zero-order valence-corrected chi connectivity index (χ0v) is 14.6. The fourth-order valence-electron chi connectivity index (χ4n) is 2.39. The van der Waals surface area contributed by atoms with E-state index >= 15 is 0 Å². The number of nitrogens with zero attached hydrogens (tertiary/aromatic N) is 1. The van der Waals surface area contributed by atoms with Gasteiger partial charge in [-0.05, 0) is 23.8 Å². The van der Waals surface area contributed by atoms with Crippen LogP contribution in [0.25, 0.3) is 0 Å². The predicted octanol–water partition coefficient (Wildman–Crippen LogP) is 0.893. The van der Waals surface area contributed by atoms with Crippen LogP contribution in [0.4, 0.5) is 5.69 Å². The van der Waals surface area contributed by atoms with E-state index in [-0.39, 0.29) is 35.5 Å². The number of nitrogens with one attached hydrogen (secondary N) is 2. The van der Waals surface area contributed by atoms with Crippen LogP contribution < -0.4 is 15.4 Å². The smallest absolute Gasteiger partial charge is 0.262 e. The number of fused-ring (bicyclic) bond motifs is 1. The van der Waals surface area contributed by atoms with E-state index in [1.807, 2.05) is 6.07 Å². The van der Waals surface area contributed by atoms with Crippen LogP contribution >= 0.6 is 0 Å². The first-order valence-corrected chi connectivity index (χ1v) is 9.54. The van der Waals surface area contributed by atoms with E-state index in [0.29, 0.717) is 18.0 Å². The number of benzene rings is 1. The number of rotatable bonds is 6. The fourth-order valence-corrected chi connectivity index (χ4v) is 3.64. The summed E-state index contributed by atoms with van der Waals surface area (Å²) in [5, 5.41) is 5.26. The summed E-state index contributed by atoms with van der Waals surface area (Å²) in [5.74, 6) is -0.680. The molecule has 2 aromatic rings. The molecule has 1 aliphatic rings. The standard InChI is InChI=1S/C17H17N3O5S/c21-16(19-10-12-2-1-6-18-9-12)5-7-26(23,24)13-3-4-14-15(8-13)25-11-17(22)20-14/h1-4,6,8-9H,5,7,10-11H2,(H,19,21)(H,20,22). The highest BCUT2D eigenvalue weighted by atomic mass is 32.2. The number of aromatic nitrogens is 1. The molecule has 0 unspecified atom stereocenters. The van der Waals surface area contributed by atoms with Crippen LogP contribution in [0.15, 0.2) is 47.6 Å². The lowest BCUT2D eigenvalue weighted by molar-refractivity contribution is -0.121. The molecule has 0 aliphatic carbocycles. The Labute approximate surface area is 150 Å². The molecule has 0 radical (unpaired) electrons. The van der Waals surface area contributed by atoms with E-state index in [1.165, 1.54) is 18.2 Å². The molecule has 136 valence electrons. The van der Waals surface area contributed by atoms with Crippen LogP contribution in [-0.2, 0) is 26.0 Å². The molecule has 0 atom stereocenters. The number of pyridine rings is 1. The van der Waals surface area contributed by atoms with Gasteiger partial charge < -0.3 is 15.4 Å². The molecule has 0 fully saturated rings. The third-order valence-corrected chi connectivity index (χ3v) is 5.47. The van der Waals surface area contributed by atoms with Gasteiger partial charge in [0.1, 0.15) is 5.75 Å². The molecule has 9 heteroatoms. The van der Waals surface area contributed by atoms with Crippen molar-refractivity contribution in [1.82, 2.24) is 10.3 Å². The molecule has 2 amide bonds. The minimum absolute atomic E-state index is 0.0486. The Morgan fingerprint density at radius 3 is 2.92 bits per heavy atom. The molecule has 0 saturated heterocycles. The van der Waals surface area contributed by atoms with E-state index < -0.39 is 9.84 Å². The highest BCUT2D eigenvalue weighted by Gasteiger charge is 2.21. The van der Waals surface area contributed by atoms with Gasteiger partial charge in [0.15, 0.2) is 16.4 Å². The topological polar surface area (TPSA) is 114 Å². The number of hydrogen-bond donors (Lipinski definition) is 2. The molecule has 1 aliphatic heterocycles. The Kier molecular flexibility index (Phi) is 5.17. The van der Waals surface area contributed by atoms with Crippen molar-refractivity contribution in [2.45, 2.75) is 17.9 Å². The molecular weight excluding hydrogens is 358 g/mol. The van der Waals surface area contributed by atoms with Crippen LogP contribution in [-0.4, -0.2) is 37.6 Å². The van der Waals surface area contributed by atoms with Crippen molar-refractivity contribution in [3.8, 4) is 5.75 Å². The van der Waals surface area contributed by atoms with Crippen molar-refractivity contribution in [2.24, 2.45) is 0 Å². The quantitative estimate of drug-likeness (QED) is 0.775. The van der Waals surface area contributed by atoms with E-state index in [9.17, 15) is 18.0 Å². The minimum atomic E-state index is -3.65.